The largest absolute Gasteiger partial charge is 0.315 e. The first kappa shape index (κ1) is 13.1. The second kappa shape index (κ2) is 4.93. The molecule has 0 radical (unpaired) electrons. The van der Waals surface area contributed by atoms with Crippen LogP contribution in [-0.4, -0.2) is 20.2 Å². The van der Waals surface area contributed by atoms with E-state index in [1.54, 1.807) is 0 Å². The summed E-state index contributed by atoms with van der Waals surface area (Å²) in [6.07, 6.45) is 1.98. The summed E-state index contributed by atoms with van der Waals surface area (Å²) in [7, 11) is -1.70. The fourth-order valence-corrected chi connectivity index (χ4v) is 4.10. The van der Waals surface area contributed by atoms with Crippen LogP contribution in [-0.2, 0) is 0 Å². The average molecular weight is 234 g/mol. The van der Waals surface area contributed by atoms with Gasteiger partial charge in [-0.3, -0.25) is 0 Å². The second-order valence-electron chi connectivity index (χ2n) is 5.60. The molecule has 3 heteroatoms. The molecule has 1 aromatic carbocycles. The maximum absolute atomic E-state index is 4.71. The normalized spacial score (nSPS) is 13.3. The minimum absolute atomic E-state index is 0.129. The number of nitrogens with one attached hydrogen (secondary N) is 1. The van der Waals surface area contributed by atoms with E-state index < -0.39 is 8.40 Å². The number of hydrogen-bond donors (Lipinski definition) is 1. The highest BCUT2D eigenvalue weighted by atomic mass is 28.3. The zero-order valence-corrected chi connectivity index (χ0v) is 11.9. The molecule has 1 N–H and O–H groups in total. The van der Waals surface area contributed by atoms with Crippen molar-refractivity contribution in [2.24, 2.45) is 4.66 Å². The van der Waals surface area contributed by atoms with Gasteiger partial charge in [0, 0.05) is 11.8 Å². The van der Waals surface area contributed by atoms with Gasteiger partial charge in [-0.2, -0.15) is 0 Å². The van der Waals surface area contributed by atoms with Crippen LogP contribution in [0.3, 0.4) is 0 Å². The number of nitrogens with zero attached hydrogens (tertiary/aromatic N) is 1. The standard InChI is InChI=1S/C13H22N2Si/c1-13(2,3)15-16(4,5)14-11-12-9-7-6-8-10-12/h6-11,15H,1-5H3/b14-11+. The zero-order valence-electron chi connectivity index (χ0n) is 10.9. The molecule has 0 heterocycles. The predicted octanol–water partition coefficient (Wildman–Crippen LogP) is 3.20. The molecule has 1 rings (SSSR count). The lowest BCUT2D eigenvalue weighted by atomic mass is 10.1. The predicted molar refractivity (Wildman–Crippen MR) is 74.4 cm³/mol. The Balaban J connectivity index is 2.69. The Labute approximate surface area is 100.0 Å². The van der Waals surface area contributed by atoms with Gasteiger partial charge in [0.25, 0.3) is 0 Å². The van der Waals surface area contributed by atoms with Crippen LogP contribution in [0.2, 0.25) is 13.1 Å². The van der Waals surface area contributed by atoms with E-state index >= 15 is 0 Å². The van der Waals surface area contributed by atoms with E-state index in [2.05, 4.69) is 51.0 Å². The van der Waals surface area contributed by atoms with Crippen LogP contribution in [0.25, 0.3) is 0 Å². The lowest BCUT2D eigenvalue weighted by Gasteiger charge is -2.29. The molecule has 2 nitrogen and oxygen atoms in total. The topological polar surface area (TPSA) is 24.4 Å². The molecule has 0 saturated heterocycles. The van der Waals surface area contributed by atoms with Gasteiger partial charge in [-0.1, -0.05) is 30.3 Å². The molecule has 0 amide bonds. The van der Waals surface area contributed by atoms with Gasteiger partial charge >= 0.3 is 0 Å². The third kappa shape index (κ3) is 5.23. The minimum Gasteiger partial charge on any atom is -0.315 e. The fourth-order valence-electron chi connectivity index (χ4n) is 1.72. The van der Waals surface area contributed by atoms with Crippen molar-refractivity contribution in [2.45, 2.75) is 39.4 Å². The smallest absolute Gasteiger partial charge is 0.247 e. The van der Waals surface area contributed by atoms with Crippen LogP contribution >= 0.6 is 0 Å². The van der Waals surface area contributed by atoms with E-state index in [4.69, 9.17) is 4.66 Å². The lowest BCUT2D eigenvalue weighted by Crippen LogP contribution is -2.53. The van der Waals surface area contributed by atoms with Crippen LogP contribution in [0.15, 0.2) is 35.0 Å². The molecule has 0 aliphatic carbocycles. The van der Waals surface area contributed by atoms with Gasteiger partial charge in [0.1, 0.15) is 0 Å². The maximum Gasteiger partial charge on any atom is 0.247 e. The van der Waals surface area contributed by atoms with Gasteiger partial charge in [-0.25, -0.2) is 0 Å². The molecule has 0 saturated carbocycles. The quantitative estimate of drug-likeness (QED) is 0.630. The maximum atomic E-state index is 4.71. The lowest BCUT2D eigenvalue weighted by molar-refractivity contribution is 0.512. The minimum atomic E-state index is -1.70. The van der Waals surface area contributed by atoms with Gasteiger partial charge in [-0.15, -0.1) is 0 Å². The molecule has 0 fully saturated rings. The van der Waals surface area contributed by atoms with Crippen molar-refractivity contribution in [3.63, 3.8) is 0 Å². The Morgan fingerprint density at radius 2 is 1.69 bits per heavy atom. The van der Waals surface area contributed by atoms with E-state index in [9.17, 15) is 0 Å². The van der Waals surface area contributed by atoms with Gasteiger partial charge in [-0.05, 0) is 39.4 Å². The van der Waals surface area contributed by atoms with Gasteiger partial charge in [0.05, 0.1) is 0 Å². The Kier molecular flexibility index (Phi) is 4.05. The summed E-state index contributed by atoms with van der Waals surface area (Å²) in [5.41, 5.74) is 1.29. The summed E-state index contributed by atoms with van der Waals surface area (Å²) in [5.74, 6) is 0. The van der Waals surface area contributed by atoms with Gasteiger partial charge in [0.15, 0.2) is 0 Å². The van der Waals surface area contributed by atoms with E-state index in [0.29, 0.717) is 0 Å². The molecular formula is C13H22N2Si. The van der Waals surface area contributed by atoms with Crippen LogP contribution in [0, 0.1) is 0 Å². The number of benzene rings is 1. The SMILES string of the molecule is CC(C)(C)N[Si](C)(C)/N=C/c1ccccc1. The monoisotopic (exact) mass is 234 g/mol. The van der Waals surface area contributed by atoms with Crippen molar-refractivity contribution in [2.75, 3.05) is 0 Å². The Morgan fingerprint density at radius 1 is 1.12 bits per heavy atom. The molecule has 0 aliphatic heterocycles. The Hall–Kier alpha value is -0.933. The number of rotatable bonds is 3. The molecule has 0 aromatic heterocycles. The summed E-state index contributed by atoms with van der Waals surface area (Å²) in [4.78, 5) is 3.61. The van der Waals surface area contributed by atoms with Crippen LogP contribution in [0.5, 0.6) is 0 Å². The first-order chi connectivity index (χ1) is 7.29. The summed E-state index contributed by atoms with van der Waals surface area (Å²) < 4.78 is 4.71. The fraction of sp³-hybridized carbons (Fsp3) is 0.462. The molecule has 0 aliphatic rings. The van der Waals surface area contributed by atoms with Crippen LogP contribution in [0.4, 0.5) is 0 Å². The van der Waals surface area contributed by atoms with Crippen molar-refractivity contribution in [1.29, 1.82) is 0 Å². The van der Waals surface area contributed by atoms with Crippen molar-refractivity contribution >= 4 is 14.6 Å². The Morgan fingerprint density at radius 3 is 2.19 bits per heavy atom. The van der Waals surface area contributed by atoms with Gasteiger partial charge in [0.2, 0.25) is 8.40 Å². The van der Waals surface area contributed by atoms with E-state index in [1.807, 2.05) is 24.4 Å². The van der Waals surface area contributed by atoms with E-state index in [0.717, 1.165) is 0 Å². The summed E-state index contributed by atoms with van der Waals surface area (Å²) in [5, 5.41) is 0. The average Bonchev–Trinajstić information content (AvgIpc) is 2.13. The van der Waals surface area contributed by atoms with Crippen molar-refractivity contribution in [3.8, 4) is 0 Å². The van der Waals surface area contributed by atoms with Crippen LogP contribution in [0.1, 0.15) is 26.3 Å². The Bertz CT molecular complexity index is 350. The molecule has 1 aromatic rings. The first-order valence-corrected chi connectivity index (χ1v) is 8.63. The third-order valence-electron chi connectivity index (χ3n) is 2.02. The molecular weight excluding hydrogens is 212 g/mol. The van der Waals surface area contributed by atoms with E-state index in [1.165, 1.54) is 5.56 Å². The van der Waals surface area contributed by atoms with Crippen molar-refractivity contribution in [1.82, 2.24) is 4.98 Å². The van der Waals surface area contributed by atoms with E-state index in [-0.39, 0.29) is 5.54 Å². The molecule has 0 bridgehead atoms. The molecule has 0 unspecified atom stereocenters. The van der Waals surface area contributed by atoms with Crippen molar-refractivity contribution < 1.29 is 0 Å². The zero-order chi connectivity index (χ0) is 12.2. The first-order valence-electron chi connectivity index (χ1n) is 5.68. The summed E-state index contributed by atoms with van der Waals surface area (Å²) >= 11 is 0. The molecule has 0 atom stereocenters. The highest BCUT2D eigenvalue weighted by Gasteiger charge is 2.25. The molecule has 16 heavy (non-hydrogen) atoms. The van der Waals surface area contributed by atoms with Crippen LogP contribution < -0.4 is 4.98 Å². The van der Waals surface area contributed by atoms with Gasteiger partial charge < -0.3 is 9.64 Å². The second-order valence-corrected chi connectivity index (χ2v) is 9.23. The summed E-state index contributed by atoms with van der Waals surface area (Å²) in [6, 6.07) is 10.2. The summed E-state index contributed by atoms with van der Waals surface area (Å²) in [6.45, 7) is 11.0. The highest BCUT2D eigenvalue weighted by Crippen LogP contribution is 2.08. The number of hydrogen-bond acceptors (Lipinski definition) is 2. The highest BCUT2D eigenvalue weighted by molar-refractivity contribution is 6.74. The molecule has 88 valence electrons. The molecule has 0 spiro atoms. The third-order valence-corrected chi connectivity index (χ3v) is 4.15. The van der Waals surface area contributed by atoms with Crippen molar-refractivity contribution in [3.05, 3.63) is 35.9 Å².